The quantitative estimate of drug-likeness (QED) is 0.172. The largest absolute Gasteiger partial charge is 0.507 e. The molecule has 1 aromatic heterocycles. The summed E-state index contributed by atoms with van der Waals surface area (Å²) in [6.45, 7) is 5.17. The summed E-state index contributed by atoms with van der Waals surface area (Å²) in [6.07, 6.45) is 1.45. The first kappa shape index (κ1) is 23.9. The lowest BCUT2D eigenvalue weighted by atomic mass is 9.95. The van der Waals surface area contributed by atoms with Crippen molar-refractivity contribution >= 4 is 39.9 Å². The molecule has 178 valence electrons. The summed E-state index contributed by atoms with van der Waals surface area (Å²) >= 11 is 0.941. The van der Waals surface area contributed by atoms with Gasteiger partial charge in [-0.15, -0.1) is 0 Å². The maximum atomic E-state index is 13.3. The van der Waals surface area contributed by atoms with Gasteiger partial charge in [-0.1, -0.05) is 66.5 Å². The highest BCUT2D eigenvalue weighted by atomic mass is 32.1. The molecule has 1 amide bonds. The van der Waals surface area contributed by atoms with Gasteiger partial charge in [0.25, 0.3) is 5.78 Å². The molecule has 1 fully saturated rings. The molecule has 9 heteroatoms. The Kier molecular flexibility index (Phi) is 6.79. The van der Waals surface area contributed by atoms with Gasteiger partial charge in [0.05, 0.1) is 24.4 Å². The van der Waals surface area contributed by atoms with E-state index in [1.165, 1.54) is 18.1 Å². The number of anilines is 1. The number of hydrogen-bond acceptors (Lipinski definition) is 8. The Hall–Kier alpha value is -4.24. The Morgan fingerprint density at radius 2 is 1.86 bits per heavy atom. The van der Waals surface area contributed by atoms with E-state index in [9.17, 15) is 19.5 Å². The minimum Gasteiger partial charge on any atom is -0.507 e. The Bertz CT molecular complexity index is 1330. The lowest BCUT2D eigenvalue weighted by molar-refractivity contribution is -0.132. The third-order valence-electron chi connectivity index (χ3n) is 5.43. The van der Waals surface area contributed by atoms with Crippen molar-refractivity contribution in [1.29, 1.82) is 0 Å². The minimum absolute atomic E-state index is 0.0267. The number of aromatic nitrogens is 1. The number of ketones is 1. The fourth-order valence-electron chi connectivity index (χ4n) is 3.76. The molecule has 1 atom stereocenters. The molecule has 3 aromatic rings. The van der Waals surface area contributed by atoms with E-state index in [0.717, 1.165) is 11.3 Å². The Morgan fingerprint density at radius 3 is 2.49 bits per heavy atom. The molecular weight excluding hydrogens is 468 g/mol. The fraction of sp³-hybridized carbons (Fsp3) is 0.154. The molecule has 8 nitrogen and oxygen atoms in total. The first-order valence-electron chi connectivity index (χ1n) is 10.6. The molecule has 35 heavy (non-hydrogen) atoms. The van der Waals surface area contributed by atoms with Gasteiger partial charge in [0.2, 0.25) is 0 Å². The highest BCUT2D eigenvalue weighted by Gasteiger charge is 2.48. The van der Waals surface area contributed by atoms with E-state index in [1.807, 2.05) is 0 Å². The van der Waals surface area contributed by atoms with E-state index >= 15 is 0 Å². The first-order valence-corrected chi connectivity index (χ1v) is 11.4. The maximum absolute atomic E-state index is 13.3. The Balaban J connectivity index is 1.87. The Labute approximate surface area is 205 Å². The van der Waals surface area contributed by atoms with Crippen molar-refractivity contribution in [2.45, 2.75) is 13.0 Å². The number of nitrogens with zero attached hydrogens (tertiary/aromatic N) is 2. The van der Waals surface area contributed by atoms with Crippen LogP contribution in [0.25, 0.3) is 5.76 Å². The molecule has 0 aliphatic carbocycles. The second-order valence-electron chi connectivity index (χ2n) is 7.61. The van der Waals surface area contributed by atoms with E-state index in [1.54, 1.807) is 61.5 Å². The van der Waals surface area contributed by atoms with Crippen molar-refractivity contribution in [3.63, 3.8) is 0 Å². The van der Waals surface area contributed by atoms with Gasteiger partial charge in [0.15, 0.2) is 5.13 Å². The normalized spacial score (nSPS) is 16.9. The lowest BCUT2D eigenvalue weighted by Gasteiger charge is -2.23. The lowest BCUT2D eigenvalue weighted by Crippen LogP contribution is -2.29. The van der Waals surface area contributed by atoms with Crippen LogP contribution in [0.1, 0.15) is 32.5 Å². The van der Waals surface area contributed by atoms with Crippen LogP contribution >= 0.6 is 11.3 Å². The van der Waals surface area contributed by atoms with Crippen molar-refractivity contribution in [2.75, 3.05) is 18.6 Å². The van der Waals surface area contributed by atoms with Gasteiger partial charge in [-0.05, 0) is 24.6 Å². The summed E-state index contributed by atoms with van der Waals surface area (Å²) < 4.78 is 10.3. The van der Waals surface area contributed by atoms with Crippen LogP contribution in [0, 0.1) is 6.92 Å². The number of amides is 1. The number of carbonyl (C=O) groups excluding carboxylic acids is 3. The van der Waals surface area contributed by atoms with Crippen LogP contribution in [0.2, 0.25) is 0 Å². The average molecular weight is 491 g/mol. The summed E-state index contributed by atoms with van der Waals surface area (Å²) in [5.41, 5.74) is 1.24. The van der Waals surface area contributed by atoms with Crippen LogP contribution in [-0.4, -0.2) is 41.5 Å². The SMILES string of the molecule is C=CCOC(=O)c1sc(N2C(=O)C(=O)/C(=C(\O)c3ccccc3)C2c2ccc(OC)cc2)nc1C. The van der Waals surface area contributed by atoms with Gasteiger partial charge >= 0.3 is 11.9 Å². The molecule has 0 bridgehead atoms. The number of Topliss-reactive ketones (excluding diaryl/α,β-unsaturated/α-hetero) is 1. The van der Waals surface area contributed by atoms with E-state index in [0.29, 0.717) is 22.6 Å². The molecular formula is C26H22N2O6S. The van der Waals surface area contributed by atoms with E-state index in [-0.39, 0.29) is 27.9 Å². The van der Waals surface area contributed by atoms with Gasteiger partial charge in [0, 0.05) is 5.56 Å². The standard InChI is InChI=1S/C26H22N2O6S/c1-4-14-34-25(32)23-15(2)27-26(35-23)28-20(16-10-12-18(33-3)13-11-16)19(22(30)24(28)31)21(29)17-8-6-5-7-9-17/h4-13,20,29H,1,14H2,2-3H3/b21-19-. The molecule has 1 aliphatic heterocycles. The Morgan fingerprint density at radius 1 is 1.17 bits per heavy atom. The van der Waals surface area contributed by atoms with Gasteiger partial charge < -0.3 is 14.6 Å². The number of rotatable bonds is 7. The van der Waals surface area contributed by atoms with E-state index in [2.05, 4.69) is 11.6 Å². The highest BCUT2D eigenvalue weighted by Crippen LogP contribution is 2.44. The zero-order valence-electron chi connectivity index (χ0n) is 19.1. The summed E-state index contributed by atoms with van der Waals surface area (Å²) in [4.78, 5) is 44.7. The molecule has 2 aromatic carbocycles. The van der Waals surface area contributed by atoms with Crippen molar-refractivity contribution in [3.05, 3.63) is 94.5 Å². The molecule has 0 saturated carbocycles. The van der Waals surface area contributed by atoms with Crippen LogP contribution in [0.4, 0.5) is 5.13 Å². The second kappa shape index (κ2) is 9.94. The first-order chi connectivity index (χ1) is 16.9. The number of methoxy groups -OCH3 is 1. The average Bonchev–Trinajstić information content (AvgIpc) is 3.39. The van der Waals surface area contributed by atoms with Gasteiger partial charge in [-0.2, -0.15) is 0 Å². The van der Waals surface area contributed by atoms with Gasteiger partial charge in [-0.25, -0.2) is 9.78 Å². The zero-order valence-corrected chi connectivity index (χ0v) is 19.9. The molecule has 0 radical (unpaired) electrons. The van der Waals surface area contributed by atoms with Gasteiger partial charge in [-0.3, -0.25) is 14.5 Å². The molecule has 0 spiro atoms. The number of thiazole rings is 1. The number of hydrogen-bond donors (Lipinski definition) is 1. The summed E-state index contributed by atoms with van der Waals surface area (Å²) in [7, 11) is 1.53. The smallest absolute Gasteiger partial charge is 0.350 e. The predicted molar refractivity (Wildman–Crippen MR) is 132 cm³/mol. The van der Waals surface area contributed by atoms with Crippen LogP contribution in [0.15, 0.2) is 72.8 Å². The summed E-state index contributed by atoms with van der Waals surface area (Å²) in [6, 6.07) is 14.4. The maximum Gasteiger partial charge on any atom is 0.350 e. The third-order valence-corrected chi connectivity index (χ3v) is 6.57. The van der Waals surface area contributed by atoms with Crippen molar-refractivity contribution < 1.29 is 29.0 Å². The number of esters is 1. The third kappa shape index (κ3) is 4.45. The van der Waals surface area contributed by atoms with Crippen molar-refractivity contribution in [2.24, 2.45) is 0 Å². The molecule has 1 aliphatic rings. The number of aliphatic hydroxyl groups excluding tert-OH is 1. The highest BCUT2D eigenvalue weighted by molar-refractivity contribution is 7.17. The van der Waals surface area contributed by atoms with Gasteiger partial charge in [0.1, 0.15) is 23.0 Å². The van der Waals surface area contributed by atoms with E-state index in [4.69, 9.17) is 9.47 Å². The number of ether oxygens (including phenoxy) is 2. The minimum atomic E-state index is -0.969. The predicted octanol–water partition coefficient (Wildman–Crippen LogP) is 4.43. The number of aliphatic hydroxyl groups is 1. The van der Waals surface area contributed by atoms with Crippen LogP contribution in [0.5, 0.6) is 5.75 Å². The molecule has 2 heterocycles. The van der Waals surface area contributed by atoms with Crippen molar-refractivity contribution in [3.8, 4) is 5.75 Å². The van der Waals surface area contributed by atoms with Crippen molar-refractivity contribution in [1.82, 2.24) is 4.98 Å². The summed E-state index contributed by atoms with van der Waals surface area (Å²) in [5.74, 6) is -2.02. The number of benzene rings is 2. The second-order valence-corrected chi connectivity index (χ2v) is 8.58. The van der Waals surface area contributed by atoms with E-state index < -0.39 is 23.7 Å². The molecule has 1 saturated heterocycles. The monoisotopic (exact) mass is 490 g/mol. The number of carbonyl (C=O) groups is 3. The van der Waals surface area contributed by atoms with Crippen LogP contribution in [-0.2, 0) is 14.3 Å². The zero-order chi connectivity index (χ0) is 25.1. The number of aryl methyl sites for hydroxylation is 1. The topological polar surface area (TPSA) is 106 Å². The van der Waals surface area contributed by atoms with Crippen LogP contribution in [0.3, 0.4) is 0 Å². The van der Waals surface area contributed by atoms with Crippen LogP contribution < -0.4 is 9.64 Å². The molecule has 1 N–H and O–H groups in total. The molecule has 4 rings (SSSR count). The molecule has 1 unspecified atom stereocenters. The summed E-state index contributed by atoms with van der Waals surface area (Å²) in [5, 5.41) is 11.2. The fourth-order valence-corrected chi connectivity index (χ4v) is 4.75.